The third-order valence-electron chi connectivity index (χ3n) is 2.29. The minimum Gasteiger partial charge on any atom is -0.399 e. The van der Waals surface area contributed by atoms with Gasteiger partial charge >= 0.3 is 6.03 Å². The zero-order chi connectivity index (χ0) is 12.1. The summed E-state index contributed by atoms with van der Waals surface area (Å²) in [6.07, 6.45) is 0. The van der Waals surface area contributed by atoms with E-state index >= 15 is 0 Å². The van der Waals surface area contributed by atoms with Crippen molar-refractivity contribution in [3.8, 4) is 0 Å². The number of hydrogen-bond donors (Lipinski definition) is 2. The Balaban J connectivity index is 2.76. The smallest absolute Gasteiger partial charge is 0.321 e. The quantitative estimate of drug-likeness (QED) is 0.800. The highest BCUT2D eigenvalue weighted by Gasteiger charge is 2.10. The molecule has 16 heavy (non-hydrogen) atoms. The Morgan fingerprint density at radius 3 is 2.56 bits per heavy atom. The number of nitrogens with one attached hydrogen (secondary N) is 1. The lowest BCUT2D eigenvalue weighted by atomic mass is 10.3. The Bertz CT molecular complexity index is 377. The molecule has 1 aromatic carbocycles. The Morgan fingerprint density at radius 1 is 1.44 bits per heavy atom. The predicted octanol–water partition coefficient (Wildman–Crippen LogP) is 2.80. The van der Waals surface area contributed by atoms with Crippen molar-refractivity contribution in [1.29, 1.82) is 0 Å². The van der Waals surface area contributed by atoms with Gasteiger partial charge in [-0.1, -0.05) is 11.6 Å². The second kappa shape index (κ2) is 5.61. The van der Waals surface area contributed by atoms with Crippen molar-refractivity contribution in [2.24, 2.45) is 0 Å². The molecule has 0 aliphatic carbocycles. The number of carbonyl (C=O) groups is 1. The summed E-state index contributed by atoms with van der Waals surface area (Å²) in [5.74, 6) is 0. The van der Waals surface area contributed by atoms with Crippen LogP contribution >= 0.6 is 11.6 Å². The van der Waals surface area contributed by atoms with Gasteiger partial charge in [0, 0.05) is 18.8 Å². The molecule has 0 saturated carbocycles. The maximum atomic E-state index is 11.7. The van der Waals surface area contributed by atoms with Crippen molar-refractivity contribution >= 4 is 29.0 Å². The van der Waals surface area contributed by atoms with Crippen molar-refractivity contribution in [2.45, 2.75) is 13.8 Å². The molecule has 88 valence electrons. The van der Waals surface area contributed by atoms with Gasteiger partial charge in [-0.3, -0.25) is 0 Å². The molecule has 0 aliphatic heterocycles. The highest BCUT2D eigenvalue weighted by Crippen LogP contribution is 2.24. The molecule has 0 heterocycles. The number of anilines is 2. The molecule has 0 fully saturated rings. The zero-order valence-electron chi connectivity index (χ0n) is 9.46. The molecule has 5 heteroatoms. The van der Waals surface area contributed by atoms with Crippen LogP contribution < -0.4 is 11.1 Å². The fourth-order valence-corrected chi connectivity index (χ4v) is 1.57. The molecular weight excluding hydrogens is 226 g/mol. The number of nitrogens with two attached hydrogens (primary N) is 1. The average Bonchev–Trinajstić information content (AvgIpc) is 2.24. The maximum absolute atomic E-state index is 11.7. The molecule has 1 aromatic rings. The van der Waals surface area contributed by atoms with Crippen molar-refractivity contribution in [3.05, 3.63) is 23.2 Å². The van der Waals surface area contributed by atoms with E-state index in [4.69, 9.17) is 17.3 Å². The van der Waals surface area contributed by atoms with Crippen molar-refractivity contribution in [2.75, 3.05) is 24.1 Å². The standard InChI is InChI=1S/C11H16ClN3O/c1-3-15(4-2)11(16)14-10-6-5-8(13)7-9(10)12/h5-7H,3-4,13H2,1-2H3,(H,14,16). The van der Waals surface area contributed by atoms with E-state index in [1.54, 1.807) is 23.1 Å². The molecule has 0 aromatic heterocycles. The van der Waals surface area contributed by atoms with Gasteiger partial charge in [0.1, 0.15) is 0 Å². The van der Waals surface area contributed by atoms with E-state index in [9.17, 15) is 4.79 Å². The minimum atomic E-state index is -0.156. The first-order chi connectivity index (χ1) is 7.58. The molecule has 1 rings (SSSR count). The molecule has 0 spiro atoms. The van der Waals surface area contributed by atoms with E-state index in [2.05, 4.69) is 5.32 Å². The normalized spacial score (nSPS) is 9.94. The lowest BCUT2D eigenvalue weighted by molar-refractivity contribution is 0.217. The van der Waals surface area contributed by atoms with E-state index in [0.29, 0.717) is 29.5 Å². The Morgan fingerprint density at radius 2 is 2.06 bits per heavy atom. The van der Waals surface area contributed by atoms with Crippen LogP contribution in [0.5, 0.6) is 0 Å². The summed E-state index contributed by atoms with van der Waals surface area (Å²) in [5, 5.41) is 3.18. The Hall–Kier alpha value is -1.42. The van der Waals surface area contributed by atoms with Crippen molar-refractivity contribution < 1.29 is 4.79 Å². The number of hydrogen-bond acceptors (Lipinski definition) is 2. The summed E-state index contributed by atoms with van der Waals surface area (Å²) in [7, 11) is 0. The fraction of sp³-hybridized carbons (Fsp3) is 0.364. The molecule has 0 atom stereocenters. The van der Waals surface area contributed by atoms with Gasteiger partial charge in [-0.2, -0.15) is 0 Å². The summed E-state index contributed by atoms with van der Waals surface area (Å²) in [5.41, 5.74) is 6.71. The largest absolute Gasteiger partial charge is 0.399 e. The first-order valence-electron chi connectivity index (χ1n) is 5.19. The number of amides is 2. The third kappa shape index (κ3) is 3.03. The van der Waals surface area contributed by atoms with Gasteiger partial charge in [0.25, 0.3) is 0 Å². The molecule has 0 saturated heterocycles. The minimum absolute atomic E-state index is 0.156. The summed E-state index contributed by atoms with van der Waals surface area (Å²) in [6, 6.07) is 4.85. The van der Waals surface area contributed by atoms with E-state index < -0.39 is 0 Å². The Kier molecular flexibility index (Phi) is 4.43. The van der Waals surface area contributed by atoms with Crippen LogP contribution in [0.2, 0.25) is 5.02 Å². The topological polar surface area (TPSA) is 58.4 Å². The second-order valence-electron chi connectivity index (χ2n) is 3.34. The molecule has 0 radical (unpaired) electrons. The van der Waals surface area contributed by atoms with Gasteiger partial charge in [0.15, 0.2) is 0 Å². The first-order valence-corrected chi connectivity index (χ1v) is 5.57. The number of nitrogen functional groups attached to an aromatic ring is 1. The van der Waals surface area contributed by atoms with Gasteiger partial charge in [-0.15, -0.1) is 0 Å². The summed E-state index contributed by atoms with van der Waals surface area (Å²) < 4.78 is 0. The van der Waals surface area contributed by atoms with E-state index in [1.165, 1.54) is 0 Å². The lowest BCUT2D eigenvalue weighted by Gasteiger charge is -2.19. The number of rotatable bonds is 3. The van der Waals surface area contributed by atoms with Crippen LogP contribution in [-0.4, -0.2) is 24.0 Å². The molecule has 4 nitrogen and oxygen atoms in total. The van der Waals surface area contributed by atoms with Crippen LogP contribution in [0, 0.1) is 0 Å². The maximum Gasteiger partial charge on any atom is 0.321 e. The number of halogens is 1. The van der Waals surface area contributed by atoms with E-state index in [1.807, 2.05) is 13.8 Å². The zero-order valence-corrected chi connectivity index (χ0v) is 10.2. The summed E-state index contributed by atoms with van der Waals surface area (Å²) >= 11 is 5.95. The average molecular weight is 242 g/mol. The number of urea groups is 1. The van der Waals surface area contributed by atoms with Crippen molar-refractivity contribution in [3.63, 3.8) is 0 Å². The van der Waals surface area contributed by atoms with Crippen LogP contribution in [-0.2, 0) is 0 Å². The van der Waals surface area contributed by atoms with E-state index in [-0.39, 0.29) is 6.03 Å². The van der Waals surface area contributed by atoms with E-state index in [0.717, 1.165) is 0 Å². The van der Waals surface area contributed by atoms with Crippen LogP contribution in [0.15, 0.2) is 18.2 Å². The second-order valence-corrected chi connectivity index (χ2v) is 3.75. The van der Waals surface area contributed by atoms with Crippen molar-refractivity contribution in [1.82, 2.24) is 4.90 Å². The van der Waals surface area contributed by atoms with Crippen LogP contribution in [0.3, 0.4) is 0 Å². The highest BCUT2D eigenvalue weighted by atomic mass is 35.5. The highest BCUT2D eigenvalue weighted by molar-refractivity contribution is 6.34. The van der Waals surface area contributed by atoms with Gasteiger partial charge < -0.3 is 16.0 Å². The molecule has 0 bridgehead atoms. The van der Waals surface area contributed by atoms with Crippen LogP contribution in [0.1, 0.15) is 13.8 Å². The van der Waals surface area contributed by atoms with Gasteiger partial charge in [-0.05, 0) is 32.0 Å². The summed E-state index contributed by atoms with van der Waals surface area (Å²) in [4.78, 5) is 13.4. The third-order valence-corrected chi connectivity index (χ3v) is 2.60. The lowest BCUT2D eigenvalue weighted by Crippen LogP contribution is -2.34. The number of carbonyl (C=O) groups excluding carboxylic acids is 1. The SMILES string of the molecule is CCN(CC)C(=O)Nc1ccc(N)cc1Cl. The van der Waals surface area contributed by atoms with Gasteiger partial charge in [0.2, 0.25) is 0 Å². The summed E-state index contributed by atoms with van der Waals surface area (Å²) in [6.45, 7) is 5.17. The van der Waals surface area contributed by atoms with Crippen LogP contribution in [0.25, 0.3) is 0 Å². The fourth-order valence-electron chi connectivity index (χ4n) is 1.34. The Labute approximate surface area is 100 Å². The number of benzene rings is 1. The van der Waals surface area contributed by atoms with Gasteiger partial charge in [-0.25, -0.2) is 4.79 Å². The molecular formula is C11H16ClN3O. The molecule has 0 aliphatic rings. The number of nitrogens with zero attached hydrogens (tertiary/aromatic N) is 1. The van der Waals surface area contributed by atoms with Gasteiger partial charge in [0.05, 0.1) is 10.7 Å². The van der Waals surface area contributed by atoms with Crippen LogP contribution in [0.4, 0.5) is 16.2 Å². The monoisotopic (exact) mass is 241 g/mol. The molecule has 2 amide bonds. The predicted molar refractivity (Wildman–Crippen MR) is 67.8 cm³/mol. The molecule has 0 unspecified atom stereocenters. The molecule has 3 N–H and O–H groups in total. The first kappa shape index (κ1) is 12.6.